The second kappa shape index (κ2) is 6.61. The summed E-state index contributed by atoms with van der Waals surface area (Å²) in [4.78, 5) is 55.2. The van der Waals surface area contributed by atoms with Crippen molar-refractivity contribution in [3.8, 4) is 0 Å². The van der Waals surface area contributed by atoms with Gasteiger partial charge in [-0.3, -0.25) is 14.4 Å². The van der Waals surface area contributed by atoms with Crippen molar-refractivity contribution >= 4 is 40.3 Å². The van der Waals surface area contributed by atoms with Crippen molar-refractivity contribution < 1.29 is 19.2 Å². The van der Waals surface area contributed by atoms with Crippen LogP contribution in [-0.4, -0.2) is 27.4 Å². The van der Waals surface area contributed by atoms with Crippen LogP contribution in [0.15, 0.2) is 53.5 Å². The molecule has 2 heterocycles. The zero-order chi connectivity index (χ0) is 20.0. The molecule has 0 radical (unpaired) electrons. The lowest BCUT2D eigenvalue weighted by Gasteiger charge is -2.14. The van der Waals surface area contributed by atoms with Crippen molar-refractivity contribution in [1.29, 1.82) is 0 Å². The van der Waals surface area contributed by atoms with Crippen LogP contribution in [0.3, 0.4) is 0 Å². The zero-order valence-electron chi connectivity index (χ0n) is 14.6. The van der Waals surface area contributed by atoms with Gasteiger partial charge in [-0.05, 0) is 37.3 Å². The van der Waals surface area contributed by atoms with E-state index in [0.29, 0.717) is 22.1 Å². The van der Waals surface area contributed by atoms with Crippen LogP contribution < -0.4 is 5.43 Å². The molecule has 0 atom stereocenters. The van der Waals surface area contributed by atoms with Gasteiger partial charge in [0.15, 0.2) is 0 Å². The van der Waals surface area contributed by atoms with Gasteiger partial charge in [0.2, 0.25) is 5.43 Å². The molecule has 0 aliphatic carbocycles. The maximum absolute atomic E-state index is 12.8. The fourth-order valence-corrected chi connectivity index (χ4v) is 3.33. The topological polar surface area (TPSA) is 85.7 Å². The third kappa shape index (κ3) is 2.68. The summed E-state index contributed by atoms with van der Waals surface area (Å²) in [6.45, 7) is 2.32. The van der Waals surface area contributed by atoms with E-state index in [0.717, 1.165) is 0 Å². The number of amides is 2. The zero-order valence-corrected chi connectivity index (χ0v) is 15.4. The molecule has 28 heavy (non-hydrogen) atoms. The molecule has 8 heteroatoms. The smallest absolute Gasteiger partial charge is 0.347 e. The van der Waals surface area contributed by atoms with E-state index in [1.807, 2.05) is 6.92 Å². The third-order valence-corrected chi connectivity index (χ3v) is 4.77. The number of hydrogen-bond acceptors (Lipinski definition) is 5. The van der Waals surface area contributed by atoms with E-state index in [1.165, 1.54) is 24.4 Å². The summed E-state index contributed by atoms with van der Waals surface area (Å²) in [6.07, 6.45) is 1.35. The highest BCUT2D eigenvalue weighted by Gasteiger charge is 2.39. The number of benzene rings is 2. The normalized spacial score (nSPS) is 13.1. The SMILES string of the molecule is CCn1cc(C(=O)ON2C(=O)c3ccccc3C2=O)c(=O)c2cc(Cl)ccc21. The Morgan fingerprint density at radius 2 is 1.68 bits per heavy atom. The Hall–Kier alpha value is -3.45. The Balaban J connectivity index is 1.74. The van der Waals surface area contributed by atoms with E-state index in [-0.39, 0.29) is 22.1 Å². The molecule has 1 aromatic heterocycles. The van der Waals surface area contributed by atoms with Gasteiger partial charge in [-0.25, -0.2) is 4.79 Å². The molecule has 4 rings (SSSR count). The number of fused-ring (bicyclic) bond motifs is 2. The number of carbonyl (C=O) groups is 3. The van der Waals surface area contributed by atoms with Crippen molar-refractivity contribution in [2.24, 2.45) is 0 Å². The summed E-state index contributed by atoms with van der Waals surface area (Å²) >= 11 is 5.98. The van der Waals surface area contributed by atoms with Crippen molar-refractivity contribution in [2.75, 3.05) is 0 Å². The second-order valence-electron chi connectivity index (χ2n) is 6.15. The van der Waals surface area contributed by atoms with Gasteiger partial charge >= 0.3 is 5.97 Å². The van der Waals surface area contributed by atoms with E-state index in [2.05, 4.69) is 0 Å². The Morgan fingerprint density at radius 3 is 2.29 bits per heavy atom. The van der Waals surface area contributed by atoms with Crippen LogP contribution in [0.2, 0.25) is 5.02 Å². The van der Waals surface area contributed by atoms with Crippen LogP contribution in [0.4, 0.5) is 0 Å². The summed E-state index contributed by atoms with van der Waals surface area (Å²) in [5.41, 5.74) is -0.0145. The van der Waals surface area contributed by atoms with E-state index in [9.17, 15) is 19.2 Å². The van der Waals surface area contributed by atoms with Gasteiger partial charge in [0.25, 0.3) is 11.8 Å². The third-order valence-electron chi connectivity index (χ3n) is 4.53. The Kier molecular flexibility index (Phi) is 4.24. The molecular weight excluding hydrogens is 384 g/mol. The molecule has 7 nitrogen and oxygen atoms in total. The molecule has 2 amide bonds. The van der Waals surface area contributed by atoms with E-state index in [4.69, 9.17) is 16.4 Å². The number of nitrogens with zero attached hydrogens (tertiary/aromatic N) is 2. The molecule has 0 saturated heterocycles. The highest BCUT2D eigenvalue weighted by Crippen LogP contribution is 2.23. The van der Waals surface area contributed by atoms with Crippen molar-refractivity contribution in [3.05, 3.63) is 80.6 Å². The number of halogens is 1. The minimum absolute atomic E-state index is 0.136. The molecule has 3 aromatic rings. The van der Waals surface area contributed by atoms with Gasteiger partial charge in [-0.1, -0.05) is 28.8 Å². The van der Waals surface area contributed by atoms with Gasteiger partial charge in [0.05, 0.1) is 16.6 Å². The molecule has 0 bridgehead atoms. The predicted octanol–water partition coefficient (Wildman–Crippen LogP) is 3.04. The number of aryl methyl sites for hydroxylation is 1. The van der Waals surface area contributed by atoms with Crippen molar-refractivity contribution in [2.45, 2.75) is 13.5 Å². The summed E-state index contributed by atoms with van der Waals surface area (Å²) < 4.78 is 1.69. The lowest BCUT2D eigenvalue weighted by Crippen LogP contribution is -2.34. The first-order chi connectivity index (χ1) is 13.4. The number of carbonyl (C=O) groups excluding carboxylic acids is 3. The molecule has 0 unspecified atom stereocenters. The minimum Gasteiger partial charge on any atom is -0.347 e. The predicted molar refractivity (Wildman–Crippen MR) is 101 cm³/mol. The van der Waals surface area contributed by atoms with Crippen LogP contribution in [0.1, 0.15) is 38.0 Å². The molecule has 2 aromatic carbocycles. The van der Waals surface area contributed by atoms with Gasteiger partial charge in [-0.2, -0.15) is 0 Å². The van der Waals surface area contributed by atoms with Crippen molar-refractivity contribution in [1.82, 2.24) is 9.63 Å². The maximum atomic E-state index is 12.8. The summed E-state index contributed by atoms with van der Waals surface area (Å²) in [7, 11) is 0. The van der Waals surface area contributed by atoms with E-state index in [1.54, 1.807) is 28.8 Å². The largest absolute Gasteiger partial charge is 0.369 e. The molecule has 0 saturated carbocycles. The molecule has 0 spiro atoms. The van der Waals surface area contributed by atoms with Gasteiger partial charge < -0.3 is 9.40 Å². The number of pyridine rings is 1. The number of hydroxylamine groups is 2. The van der Waals surface area contributed by atoms with Gasteiger partial charge in [-0.15, -0.1) is 0 Å². The van der Waals surface area contributed by atoms with E-state index >= 15 is 0 Å². The fourth-order valence-electron chi connectivity index (χ4n) is 3.16. The molecule has 1 aliphatic rings. The number of hydrogen-bond donors (Lipinski definition) is 0. The molecule has 0 fully saturated rings. The first kappa shape index (κ1) is 17.9. The van der Waals surface area contributed by atoms with E-state index < -0.39 is 23.2 Å². The van der Waals surface area contributed by atoms with Crippen LogP contribution in [0.5, 0.6) is 0 Å². The molecule has 1 aliphatic heterocycles. The number of aromatic nitrogens is 1. The Bertz CT molecular complexity index is 1200. The molecule has 140 valence electrons. The maximum Gasteiger partial charge on any atom is 0.369 e. The first-order valence-electron chi connectivity index (χ1n) is 8.45. The average Bonchev–Trinajstić information content (AvgIpc) is 2.93. The van der Waals surface area contributed by atoms with Crippen LogP contribution in [-0.2, 0) is 11.4 Å². The van der Waals surface area contributed by atoms with Crippen LogP contribution >= 0.6 is 11.6 Å². The quantitative estimate of drug-likeness (QED) is 0.635. The van der Waals surface area contributed by atoms with Gasteiger partial charge in [0, 0.05) is 23.2 Å². The minimum atomic E-state index is -1.09. The molecular formula is C20H13ClN2O5. The first-order valence-corrected chi connectivity index (χ1v) is 8.83. The monoisotopic (exact) mass is 396 g/mol. The Morgan fingerprint density at radius 1 is 1.04 bits per heavy atom. The standard InChI is InChI=1S/C20H13ClN2O5/c1-2-22-10-15(17(24)14-9-11(21)7-8-16(14)22)20(27)28-23-18(25)12-5-3-4-6-13(12)19(23)26/h3-10H,2H2,1H3. The average molecular weight is 397 g/mol. The summed E-state index contributed by atoms with van der Waals surface area (Å²) in [5, 5.41) is 0.967. The Labute approximate surface area is 163 Å². The lowest BCUT2D eigenvalue weighted by molar-refractivity contribution is -0.0585. The highest BCUT2D eigenvalue weighted by atomic mass is 35.5. The second-order valence-corrected chi connectivity index (χ2v) is 6.58. The summed E-state index contributed by atoms with van der Waals surface area (Å²) in [5.74, 6) is -2.61. The van der Waals surface area contributed by atoms with Crippen LogP contribution in [0.25, 0.3) is 10.9 Å². The lowest BCUT2D eigenvalue weighted by atomic mass is 10.1. The number of rotatable bonds is 3. The summed E-state index contributed by atoms with van der Waals surface area (Å²) in [6, 6.07) is 10.9. The molecule has 0 N–H and O–H groups in total. The van der Waals surface area contributed by atoms with Crippen molar-refractivity contribution in [3.63, 3.8) is 0 Å². The number of imide groups is 1. The van der Waals surface area contributed by atoms with Crippen LogP contribution in [0, 0.1) is 0 Å². The fraction of sp³-hybridized carbons (Fsp3) is 0.100. The highest BCUT2D eigenvalue weighted by molar-refractivity contribution is 6.31. The van der Waals surface area contributed by atoms with Gasteiger partial charge in [0.1, 0.15) is 5.56 Å².